The van der Waals surface area contributed by atoms with E-state index in [-0.39, 0.29) is 24.3 Å². The summed E-state index contributed by atoms with van der Waals surface area (Å²) in [5, 5.41) is 3.60. The lowest BCUT2D eigenvalue weighted by atomic mass is 10.1. The third-order valence-corrected chi connectivity index (χ3v) is 5.82. The van der Waals surface area contributed by atoms with Gasteiger partial charge in [0.25, 0.3) is 5.91 Å². The quantitative estimate of drug-likeness (QED) is 0.833. The number of amides is 3. The van der Waals surface area contributed by atoms with Gasteiger partial charge in [0.2, 0.25) is 11.8 Å². The Balaban J connectivity index is 1.61. The van der Waals surface area contributed by atoms with Crippen LogP contribution in [0.3, 0.4) is 0 Å². The summed E-state index contributed by atoms with van der Waals surface area (Å²) in [4.78, 5) is 40.4. The number of nitrogens with zero attached hydrogens (tertiary/aromatic N) is 2. The highest BCUT2D eigenvalue weighted by atomic mass is 32.1. The van der Waals surface area contributed by atoms with Crippen LogP contribution in [0.5, 0.6) is 0 Å². The van der Waals surface area contributed by atoms with Gasteiger partial charge in [-0.2, -0.15) is 0 Å². The second-order valence-electron chi connectivity index (χ2n) is 6.15. The van der Waals surface area contributed by atoms with Gasteiger partial charge in [-0.1, -0.05) is 24.8 Å². The smallest absolute Gasteiger partial charge is 0.264 e. The van der Waals surface area contributed by atoms with E-state index in [1.54, 1.807) is 9.80 Å². The minimum absolute atomic E-state index is 0.0239. The van der Waals surface area contributed by atoms with Crippen LogP contribution >= 0.6 is 11.3 Å². The molecule has 1 fully saturated rings. The van der Waals surface area contributed by atoms with Crippen molar-refractivity contribution in [3.8, 4) is 0 Å². The highest BCUT2D eigenvalue weighted by Crippen LogP contribution is 2.31. The van der Waals surface area contributed by atoms with Crippen molar-refractivity contribution >= 4 is 39.1 Å². The number of carbonyl (C=O) groups excluding carboxylic acids is 3. The van der Waals surface area contributed by atoms with Crippen molar-refractivity contribution in [3.05, 3.63) is 47.4 Å². The second-order valence-corrected chi connectivity index (χ2v) is 7.20. The molecular formula is C19H21N3O3S. The molecule has 6 nitrogen and oxygen atoms in total. The van der Waals surface area contributed by atoms with Gasteiger partial charge >= 0.3 is 0 Å². The standard InChI is InChI=1S/C19H21N3O3S/c1-3-16(23)20-12-17(24)21-8-10-22(11-9-21)19(25)18-13(2)14-6-4-5-7-15(14)26-18/h3-7H,1,8-12H2,2H3,(H,20,23). The van der Waals surface area contributed by atoms with E-state index in [2.05, 4.69) is 11.9 Å². The summed E-state index contributed by atoms with van der Waals surface area (Å²) in [5.41, 5.74) is 1.02. The molecule has 1 aromatic heterocycles. The van der Waals surface area contributed by atoms with Crippen molar-refractivity contribution in [2.75, 3.05) is 32.7 Å². The van der Waals surface area contributed by atoms with Gasteiger partial charge in [-0.25, -0.2) is 0 Å². The maximum absolute atomic E-state index is 12.9. The van der Waals surface area contributed by atoms with E-state index in [0.29, 0.717) is 26.2 Å². The summed E-state index contributed by atoms with van der Waals surface area (Å²) in [7, 11) is 0. The van der Waals surface area contributed by atoms with Gasteiger partial charge < -0.3 is 15.1 Å². The number of fused-ring (bicyclic) bond motifs is 1. The Bertz CT molecular complexity index is 866. The highest BCUT2D eigenvalue weighted by molar-refractivity contribution is 7.21. The Labute approximate surface area is 156 Å². The number of aryl methyl sites for hydroxylation is 1. The van der Waals surface area contributed by atoms with Gasteiger partial charge in [-0.05, 0) is 30.0 Å². The lowest BCUT2D eigenvalue weighted by Gasteiger charge is -2.34. The molecule has 1 aliphatic rings. The molecule has 26 heavy (non-hydrogen) atoms. The first-order valence-corrected chi connectivity index (χ1v) is 9.28. The summed E-state index contributed by atoms with van der Waals surface area (Å²) in [6.45, 7) is 7.21. The first kappa shape index (κ1) is 18.1. The molecule has 0 bridgehead atoms. The molecule has 7 heteroatoms. The zero-order valence-corrected chi connectivity index (χ0v) is 15.5. The molecule has 2 heterocycles. The number of nitrogens with one attached hydrogen (secondary N) is 1. The molecule has 2 aromatic rings. The van der Waals surface area contributed by atoms with Gasteiger partial charge in [-0.3, -0.25) is 14.4 Å². The van der Waals surface area contributed by atoms with E-state index in [1.807, 2.05) is 31.2 Å². The fourth-order valence-electron chi connectivity index (χ4n) is 3.03. The highest BCUT2D eigenvalue weighted by Gasteiger charge is 2.27. The second kappa shape index (κ2) is 7.70. The predicted octanol–water partition coefficient (Wildman–Crippen LogP) is 1.80. The minimum atomic E-state index is -0.368. The van der Waals surface area contributed by atoms with Crippen LogP contribution in [0.1, 0.15) is 15.2 Å². The van der Waals surface area contributed by atoms with Crippen molar-refractivity contribution in [2.45, 2.75) is 6.92 Å². The largest absolute Gasteiger partial charge is 0.343 e. The van der Waals surface area contributed by atoms with E-state index in [4.69, 9.17) is 0 Å². The molecule has 0 aliphatic carbocycles. The van der Waals surface area contributed by atoms with Gasteiger partial charge in [-0.15, -0.1) is 11.3 Å². The number of thiophene rings is 1. The number of hydrogen-bond donors (Lipinski definition) is 1. The van der Waals surface area contributed by atoms with Gasteiger partial charge in [0.05, 0.1) is 11.4 Å². The monoisotopic (exact) mass is 371 g/mol. The predicted molar refractivity (Wildman–Crippen MR) is 102 cm³/mol. The van der Waals surface area contributed by atoms with Crippen LogP contribution in [0.25, 0.3) is 10.1 Å². The zero-order chi connectivity index (χ0) is 18.7. The molecule has 0 saturated carbocycles. The van der Waals surface area contributed by atoms with Gasteiger partial charge in [0.15, 0.2) is 0 Å². The molecule has 0 radical (unpaired) electrons. The third kappa shape index (κ3) is 3.62. The molecule has 0 unspecified atom stereocenters. The van der Waals surface area contributed by atoms with E-state index in [9.17, 15) is 14.4 Å². The van der Waals surface area contributed by atoms with Crippen LogP contribution in [0, 0.1) is 6.92 Å². The van der Waals surface area contributed by atoms with Crippen LogP contribution in [0.15, 0.2) is 36.9 Å². The van der Waals surface area contributed by atoms with Crippen LogP contribution in [0.4, 0.5) is 0 Å². The Hall–Kier alpha value is -2.67. The summed E-state index contributed by atoms with van der Waals surface area (Å²) >= 11 is 1.52. The number of piperazine rings is 1. The van der Waals surface area contributed by atoms with Crippen LogP contribution in [-0.2, 0) is 9.59 Å². The van der Waals surface area contributed by atoms with Crippen molar-refractivity contribution in [1.29, 1.82) is 0 Å². The molecule has 0 spiro atoms. The number of carbonyl (C=O) groups is 3. The van der Waals surface area contributed by atoms with Crippen molar-refractivity contribution < 1.29 is 14.4 Å². The van der Waals surface area contributed by atoms with Crippen LogP contribution in [0.2, 0.25) is 0 Å². The van der Waals surface area contributed by atoms with Crippen LogP contribution in [-0.4, -0.2) is 60.2 Å². The molecule has 1 aromatic carbocycles. The Morgan fingerprint density at radius 2 is 1.81 bits per heavy atom. The normalized spacial score (nSPS) is 14.3. The molecule has 3 amide bonds. The maximum atomic E-state index is 12.9. The molecule has 1 saturated heterocycles. The summed E-state index contributed by atoms with van der Waals surface area (Å²) in [5.74, 6) is -0.492. The molecule has 1 N–H and O–H groups in total. The molecule has 136 valence electrons. The van der Waals surface area contributed by atoms with Crippen LogP contribution < -0.4 is 5.32 Å². The lowest BCUT2D eigenvalue weighted by Crippen LogP contribution is -2.52. The molecule has 0 atom stereocenters. The minimum Gasteiger partial charge on any atom is -0.343 e. The van der Waals surface area contributed by atoms with E-state index < -0.39 is 0 Å². The number of rotatable bonds is 4. The topological polar surface area (TPSA) is 69.7 Å². The van der Waals surface area contributed by atoms with Crippen molar-refractivity contribution in [1.82, 2.24) is 15.1 Å². The Morgan fingerprint density at radius 3 is 2.46 bits per heavy atom. The average Bonchev–Trinajstić information content (AvgIpc) is 3.02. The fraction of sp³-hybridized carbons (Fsp3) is 0.316. The van der Waals surface area contributed by atoms with Crippen molar-refractivity contribution in [2.24, 2.45) is 0 Å². The van der Waals surface area contributed by atoms with E-state index in [0.717, 1.165) is 26.6 Å². The summed E-state index contributed by atoms with van der Waals surface area (Å²) in [6, 6.07) is 8.01. The molecular weight excluding hydrogens is 350 g/mol. The molecule has 3 rings (SSSR count). The number of benzene rings is 1. The first-order valence-electron chi connectivity index (χ1n) is 8.46. The Kier molecular flexibility index (Phi) is 5.37. The SMILES string of the molecule is C=CC(=O)NCC(=O)N1CCN(C(=O)c2sc3ccccc3c2C)CC1. The average molecular weight is 371 g/mol. The lowest BCUT2D eigenvalue weighted by molar-refractivity contribution is -0.133. The third-order valence-electron chi connectivity index (χ3n) is 4.56. The van der Waals surface area contributed by atoms with E-state index >= 15 is 0 Å². The van der Waals surface area contributed by atoms with Crippen molar-refractivity contribution in [3.63, 3.8) is 0 Å². The first-order chi connectivity index (χ1) is 12.5. The maximum Gasteiger partial charge on any atom is 0.264 e. The van der Waals surface area contributed by atoms with Gasteiger partial charge in [0.1, 0.15) is 0 Å². The Morgan fingerprint density at radius 1 is 1.15 bits per heavy atom. The van der Waals surface area contributed by atoms with E-state index in [1.165, 1.54) is 11.3 Å². The zero-order valence-electron chi connectivity index (χ0n) is 14.7. The number of hydrogen-bond acceptors (Lipinski definition) is 4. The molecule has 1 aliphatic heterocycles. The summed E-state index contributed by atoms with van der Waals surface area (Å²) < 4.78 is 1.11. The van der Waals surface area contributed by atoms with Gasteiger partial charge in [0, 0.05) is 30.9 Å². The fourth-order valence-corrected chi connectivity index (χ4v) is 4.20. The summed E-state index contributed by atoms with van der Waals surface area (Å²) in [6.07, 6.45) is 1.14.